The van der Waals surface area contributed by atoms with Gasteiger partial charge in [0.25, 0.3) is 0 Å². The fourth-order valence-corrected chi connectivity index (χ4v) is 3.03. The molecule has 3 rings (SSSR count). The highest BCUT2D eigenvalue weighted by atomic mass is 79.9. The van der Waals surface area contributed by atoms with E-state index in [0.717, 1.165) is 6.07 Å². The zero-order chi connectivity index (χ0) is 15.2. The Morgan fingerprint density at radius 3 is 2.71 bits per heavy atom. The van der Waals surface area contributed by atoms with Crippen LogP contribution in [0.5, 0.6) is 5.75 Å². The van der Waals surface area contributed by atoms with Gasteiger partial charge in [-0.05, 0) is 41.1 Å². The number of rotatable bonds is 1. The summed E-state index contributed by atoms with van der Waals surface area (Å²) in [4.78, 5) is 0. The number of ether oxygens (including phenoxy) is 1. The van der Waals surface area contributed by atoms with Crippen molar-refractivity contribution in [3.63, 3.8) is 0 Å². The fraction of sp³-hybridized carbons (Fsp3) is 0.188. The van der Waals surface area contributed by atoms with Crippen LogP contribution >= 0.6 is 15.9 Å². The third-order valence-electron chi connectivity index (χ3n) is 3.70. The third-order valence-corrected chi connectivity index (χ3v) is 4.33. The molecule has 21 heavy (non-hydrogen) atoms. The number of nitriles is 1. The molecule has 1 heterocycles. The van der Waals surface area contributed by atoms with Crippen molar-refractivity contribution in [3.8, 4) is 11.8 Å². The number of alkyl halides is 1. The molecule has 0 aliphatic carbocycles. The Morgan fingerprint density at radius 2 is 2.10 bits per heavy atom. The van der Waals surface area contributed by atoms with Gasteiger partial charge in [-0.25, -0.2) is 8.78 Å². The predicted molar refractivity (Wildman–Crippen MR) is 77.1 cm³/mol. The molecule has 0 N–H and O–H groups in total. The van der Waals surface area contributed by atoms with Crippen LogP contribution in [-0.2, 0) is 5.60 Å². The van der Waals surface area contributed by atoms with Gasteiger partial charge in [0.15, 0.2) is 11.8 Å². The highest BCUT2D eigenvalue weighted by Gasteiger charge is 2.49. The number of para-hydroxylation sites is 1. The first kappa shape index (κ1) is 14.0. The van der Waals surface area contributed by atoms with Gasteiger partial charge in [0.1, 0.15) is 11.6 Å². The fourth-order valence-electron chi connectivity index (χ4n) is 2.57. The highest BCUT2D eigenvalue weighted by molar-refractivity contribution is 9.10. The normalized spacial score (nSPS) is 23.3. The average molecular weight is 350 g/mol. The Balaban J connectivity index is 2.12. The van der Waals surface area contributed by atoms with Gasteiger partial charge in [-0.3, -0.25) is 0 Å². The van der Waals surface area contributed by atoms with Gasteiger partial charge in [-0.2, -0.15) is 5.26 Å². The van der Waals surface area contributed by atoms with Crippen LogP contribution < -0.4 is 4.74 Å². The van der Waals surface area contributed by atoms with Crippen LogP contribution in [0, 0.1) is 17.1 Å². The lowest BCUT2D eigenvalue weighted by Crippen LogP contribution is -2.30. The van der Waals surface area contributed by atoms with E-state index in [1.54, 1.807) is 18.2 Å². The van der Waals surface area contributed by atoms with E-state index in [0.29, 0.717) is 15.8 Å². The van der Waals surface area contributed by atoms with Gasteiger partial charge in [0.2, 0.25) is 0 Å². The van der Waals surface area contributed by atoms with Crippen molar-refractivity contribution < 1.29 is 13.5 Å². The number of fused-ring (bicyclic) bond motifs is 1. The second kappa shape index (κ2) is 4.81. The van der Waals surface area contributed by atoms with Crippen molar-refractivity contribution >= 4 is 15.9 Å². The first-order chi connectivity index (χ1) is 9.97. The lowest BCUT2D eigenvalue weighted by molar-refractivity contribution is 0.0279. The summed E-state index contributed by atoms with van der Waals surface area (Å²) < 4.78 is 35.4. The van der Waals surface area contributed by atoms with Crippen molar-refractivity contribution in [2.24, 2.45) is 0 Å². The third kappa shape index (κ3) is 2.02. The van der Waals surface area contributed by atoms with Gasteiger partial charge < -0.3 is 4.74 Å². The molecule has 0 saturated carbocycles. The van der Waals surface area contributed by atoms with E-state index in [9.17, 15) is 8.78 Å². The minimum absolute atomic E-state index is 0.0945. The van der Waals surface area contributed by atoms with Crippen LogP contribution in [0.25, 0.3) is 0 Å². The smallest absolute Gasteiger partial charge is 0.172 e. The van der Waals surface area contributed by atoms with E-state index in [2.05, 4.69) is 15.9 Å². The zero-order valence-corrected chi connectivity index (χ0v) is 12.6. The Bertz CT molecular complexity index is 771. The molecule has 2 aromatic rings. The topological polar surface area (TPSA) is 33.0 Å². The Labute approximate surface area is 129 Å². The summed E-state index contributed by atoms with van der Waals surface area (Å²) in [5.74, 6) is -0.264. The molecule has 5 heteroatoms. The summed E-state index contributed by atoms with van der Waals surface area (Å²) in [6.07, 6.45) is -1.49. The summed E-state index contributed by atoms with van der Waals surface area (Å²) >= 11 is 3.31. The van der Waals surface area contributed by atoms with Crippen LogP contribution in [0.3, 0.4) is 0 Å². The molecule has 0 spiro atoms. The maximum atomic E-state index is 14.8. The van der Waals surface area contributed by atoms with Crippen LogP contribution in [-0.4, -0.2) is 0 Å². The number of hydrogen-bond donors (Lipinski definition) is 0. The molecule has 1 aliphatic rings. The Hall–Kier alpha value is -1.93. The lowest BCUT2D eigenvalue weighted by atomic mass is 9.88. The van der Waals surface area contributed by atoms with E-state index < -0.39 is 17.6 Å². The molecule has 2 nitrogen and oxygen atoms in total. The Morgan fingerprint density at radius 1 is 1.33 bits per heavy atom. The molecule has 0 radical (unpaired) electrons. The molecule has 1 aliphatic heterocycles. The monoisotopic (exact) mass is 349 g/mol. The van der Waals surface area contributed by atoms with Crippen LogP contribution in [0.1, 0.15) is 29.8 Å². The molecule has 2 aromatic carbocycles. The largest absolute Gasteiger partial charge is 0.478 e. The predicted octanol–water partition coefficient (Wildman–Crippen LogP) is 4.78. The van der Waals surface area contributed by atoms with Crippen molar-refractivity contribution in [1.29, 1.82) is 5.26 Å². The molecule has 2 atom stereocenters. The molecule has 0 aromatic heterocycles. The summed E-state index contributed by atoms with van der Waals surface area (Å²) in [5, 5.41) is 8.78. The van der Waals surface area contributed by atoms with E-state index >= 15 is 0 Å². The number of hydrogen-bond acceptors (Lipinski definition) is 2. The summed E-state index contributed by atoms with van der Waals surface area (Å²) in [6, 6.07) is 10.9. The minimum Gasteiger partial charge on any atom is -0.478 e. The average Bonchev–Trinajstić information content (AvgIpc) is 2.73. The lowest BCUT2D eigenvalue weighted by Gasteiger charge is -2.27. The van der Waals surface area contributed by atoms with Crippen LogP contribution in [0.2, 0.25) is 0 Å². The zero-order valence-electron chi connectivity index (χ0n) is 11.0. The summed E-state index contributed by atoms with van der Waals surface area (Å²) in [6.45, 7) is 1.51. The van der Waals surface area contributed by atoms with E-state index in [1.165, 1.54) is 19.1 Å². The van der Waals surface area contributed by atoms with E-state index in [-0.39, 0.29) is 11.1 Å². The van der Waals surface area contributed by atoms with E-state index in [4.69, 9.17) is 10.00 Å². The van der Waals surface area contributed by atoms with Crippen molar-refractivity contribution in [3.05, 3.63) is 63.4 Å². The second-order valence-corrected chi connectivity index (χ2v) is 5.89. The maximum absolute atomic E-state index is 14.8. The molecule has 0 amide bonds. The van der Waals surface area contributed by atoms with E-state index in [1.807, 2.05) is 6.07 Å². The molecular weight excluding hydrogens is 340 g/mol. The number of benzene rings is 2. The second-order valence-electron chi connectivity index (χ2n) is 5.04. The first-order valence-corrected chi connectivity index (χ1v) is 7.08. The minimum atomic E-state index is -1.49. The highest BCUT2D eigenvalue weighted by Crippen LogP contribution is 2.53. The number of nitrogens with zero attached hydrogens (tertiary/aromatic N) is 1. The maximum Gasteiger partial charge on any atom is 0.172 e. The van der Waals surface area contributed by atoms with Crippen molar-refractivity contribution in [2.75, 3.05) is 0 Å². The quantitative estimate of drug-likeness (QED) is 0.742. The molecule has 0 saturated heterocycles. The first-order valence-electron chi connectivity index (χ1n) is 6.29. The van der Waals surface area contributed by atoms with Gasteiger partial charge in [0.05, 0.1) is 16.1 Å². The van der Waals surface area contributed by atoms with Gasteiger partial charge in [0, 0.05) is 11.1 Å². The van der Waals surface area contributed by atoms with Crippen LogP contribution in [0.4, 0.5) is 8.78 Å². The molecule has 0 fully saturated rings. The van der Waals surface area contributed by atoms with Gasteiger partial charge in [-0.15, -0.1) is 0 Å². The summed E-state index contributed by atoms with van der Waals surface area (Å²) in [7, 11) is 0. The molecule has 0 bridgehead atoms. The standard InChI is InChI=1S/C16H10BrF2NO/c1-16(11-6-5-9(8-20)7-13(11)18)15(19)10-3-2-4-12(17)14(10)21-16/h2-7,15H,1H3. The molecular formula is C16H10BrF2NO. The van der Waals surface area contributed by atoms with Gasteiger partial charge in [-0.1, -0.05) is 18.2 Å². The van der Waals surface area contributed by atoms with Crippen molar-refractivity contribution in [1.82, 2.24) is 0 Å². The van der Waals surface area contributed by atoms with Gasteiger partial charge >= 0.3 is 0 Å². The van der Waals surface area contributed by atoms with Crippen LogP contribution in [0.15, 0.2) is 40.9 Å². The van der Waals surface area contributed by atoms with Crippen molar-refractivity contribution in [2.45, 2.75) is 18.7 Å². The summed E-state index contributed by atoms with van der Waals surface area (Å²) in [5.41, 5.74) is -0.788. The molecule has 2 unspecified atom stereocenters. The number of halogens is 3. The Kier molecular flexibility index (Phi) is 3.22. The SMILES string of the molecule is CC1(c2ccc(C#N)cc2F)Oc2c(Br)cccc2C1F. The molecule has 106 valence electrons.